The van der Waals surface area contributed by atoms with Crippen molar-refractivity contribution in [1.29, 1.82) is 0 Å². The highest BCUT2D eigenvalue weighted by Crippen LogP contribution is 2.24. The third-order valence-electron chi connectivity index (χ3n) is 5.03. The minimum absolute atomic E-state index is 0.193. The Kier molecular flexibility index (Phi) is 5.05. The lowest BCUT2D eigenvalue weighted by molar-refractivity contribution is -0.384. The molecule has 0 unspecified atom stereocenters. The second-order valence-electron chi connectivity index (χ2n) is 6.53. The Morgan fingerprint density at radius 3 is 2.50 bits per heavy atom. The van der Waals surface area contributed by atoms with Crippen LogP contribution in [0.4, 0.5) is 5.69 Å². The van der Waals surface area contributed by atoms with E-state index in [1.54, 1.807) is 18.2 Å². The molecule has 3 rings (SSSR count). The first-order valence-electron chi connectivity index (χ1n) is 8.42. The molecule has 0 bridgehead atoms. The lowest BCUT2D eigenvalue weighted by Gasteiger charge is -2.40. The summed E-state index contributed by atoms with van der Waals surface area (Å²) < 4.78 is 0. The standard InChI is InChI=1S/C17H25N3O2/c21-20(22)17-8-4-5-15(13-17)14-18-9-11-19(12-10-18)16-6-2-1-3-7-16/h4-5,8,13,16H,1-3,6-7,9-12,14H2. The first kappa shape index (κ1) is 15.4. The second-order valence-corrected chi connectivity index (χ2v) is 6.53. The Hall–Kier alpha value is -1.46. The summed E-state index contributed by atoms with van der Waals surface area (Å²) in [5.74, 6) is 0. The van der Waals surface area contributed by atoms with E-state index < -0.39 is 0 Å². The van der Waals surface area contributed by atoms with Gasteiger partial charge in [0.1, 0.15) is 0 Å². The van der Waals surface area contributed by atoms with Gasteiger partial charge < -0.3 is 0 Å². The SMILES string of the molecule is O=[N+]([O-])c1cccc(CN2CCN(C3CCCCC3)CC2)c1. The predicted molar refractivity (Wildman–Crippen MR) is 86.8 cm³/mol. The molecule has 1 heterocycles. The van der Waals surface area contributed by atoms with E-state index >= 15 is 0 Å². The minimum Gasteiger partial charge on any atom is -0.298 e. The van der Waals surface area contributed by atoms with Crippen molar-refractivity contribution in [3.05, 3.63) is 39.9 Å². The number of hydrogen-bond donors (Lipinski definition) is 0. The van der Waals surface area contributed by atoms with Gasteiger partial charge in [-0.2, -0.15) is 0 Å². The molecule has 1 aromatic rings. The maximum atomic E-state index is 10.8. The van der Waals surface area contributed by atoms with E-state index in [9.17, 15) is 10.1 Å². The molecule has 0 aromatic heterocycles. The van der Waals surface area contributed by atoms with Crippen LogP contribution in [0.3, 0.4) is 0 Å². The van der Waals surface area contributed by atoms with Crippen molar-refractivity contribution in [2.75, 3.05) is 26.2 Å². The lowest BCUT2D eigenvalue weighted by Crippen LogP contribution is -2.50. The largest absolute Gasteiger partial charge is 0.298 e. The van der Waals surface area contributed by atoms with Crippen LogP contribution in [0.5, 0.6) is 0 Å². The molecule has 0 radical (unpaired) electrons. The molecule has 120 valence electrons. The molecule has 1 saturated heterocycles. The van der Waals surface area contributed by atoms with Crippen LogP contribution >= 0.6 is 0 Å². The van der Waals surface area contributed by atoms with Gasteiger partial charge in [-0.15, -0.1) is 0 Å². The Balaban J connectivity index is 1.51. The van der Waals surface area contributed by atoms with Gasteiger partial charge in [0.05, 0.1) is 4.92 Å². The van der Waals surface area contributed by atoms with Crippen LogP contribution in [-0.2, 0) is 6.54 Å². The van der Waals surface area contributed by atoms with Gasteiger partial charge in [-0.3, -0.25) is 19.9 Å². The summed E-state index contributed by atoms with van der Waals surface area (Å²) >= 11 is 0. The van der Waals surface area contributed by atoms with E-state index in [-0.39, 0.29) is 10.6 Å². The number of benzene rings is 1. The summed E-state index contributed by atoms with van der Waals surface area (Å²) in [5.41, 5.74) is 1.23. The molecule has 5 heteroatoms. The maximum absolute atomic E-state index is 10.8. The van der Waals surface area contributed by atoms with Crippen molar-refractivity contribution in [2.24, 2.45) is 0 Å². The summed E-state index contributed by atoms with van der Waals surface area (Å²) in [6.07, 6.45) is 6.91. The molecule has 5 nitrogen and oxygen atoms in total. The molecule has 0 atom stereocenters. The molecule has 1 aliphatic carbocycles. The van der Waals surface area contributed by atoms with Gasteiger partial charge in [0.25, 0.3) is 5.69 Å². The number of piperazine rings is 1. The maximum Gasteiger partial charge on any atom is 0.269 e. The number of nitro groups is 1. The highest BCUT2D eigenvalue weighted by Gasteiger charge is 2.25. The van der Waals surface area contributed by atoms with E-state index in [2.05, 4.69) is 9.80 Å². The third kappa shape index (κ3) is 3.84. The zero-order valence-corrected chi connectivity index (χ0v) is 13.1. The van der Waals surface area contributed by atoms with E-state index in [1.165, 1.54) is 32.1 Å². The van der Waals surface area contributed by atoms with Crippen LogP contribution in [0.15, 0.2) is 24.3 Å². The van der Waals surface area contributed by atoms with Gasteiger partial charge in [0.2, 0.25) is 0 Å². The smallest absolute Gasteiger partial charge is 0.269 e. The molecule has 2 fully saturated rings. The van der Waals surface area contributed by atoms with Crippen molar-refractivity contribution in [1.82, 2.24) is 9.80 Å². The molecule has 1 saturated carbocycles. The molecule has 1 aromatic carbocycles. The molecule has 1 aliphatic heterocycles. The van der Waals surface area contributed by atoms with Crippen LogP contribution in [0.25, 0.3) is 0 Å². The average molecular weight is 303 g/mol. The van der Waals surface area contributed by atoms with Gasteiger partial charge in [-0.05, 0) is 18.4 Å². The van der Waals surface area contributed by atoms with Gasteiger partial charge in [0, 0.05) is 50.9 Å². The lowest BCUT2D eigenvalue weighted by atomic mass is 9.94. The normalized spacial score (nSPS) is 21.8. The first-order valence-corrected chi connectivity index (χ1v) is 8.42. The summed E-state index contributed by atoms with van der Waals surface area (Å²) in [4.78, 5) is 15.6. The Morgan fingerprint density at radius 1 is 1.09 bits per heavy atom. The van der Waals surface area contributed by atoms with Gasteiger partial charge >= 0.3 is 0 Å². The third-order valence-corrected chi connectivity index (χ3v) is 5.03. The highest BCUT2D eigenvalue weighted by molar-refractivity contribution is 5.34. The van der Waals surface area contributed by atoms with Crippen molar-refractivity contribution >= 4 is 5.69 Å². The second kappa shape index (κ2) is 7.20. The number of nitro benzene ring substituents is 1. The van der Waals surface area contributed by atoms with E-state index in [4.69, 9.17) is 0 Å². The van der Waals surface area contributed by atoms with Crippen molar-refractivity contribution in [3.63, 3.8) is 0 Å². The molecule has 0 spiro atoms. The van der Waals surface area contributed by atoms with Crippen LogP contribution in [-0.4, -0.2) is 46.9 Å². The summed E-state index contributed by atoms with van der Waals surface area (Å²) in [7, 11) is 0. The average Bonchev–Trinajstić information content (AvgIpc) is 2.56. The molecular formula is C17H25N3O2. The Bertz CT molecular complexity index is 506. The molecule has 2 aliphatic rings. The van der Waals surface area contributed by atoms with Crippen LogP contribution in [0.2, 0.25) is 0 Å². The van der Waals surface area contributed by atoms with Crippen molar-refractivity contribution in [3.8, 4) is 0 Å². The highest BCUT2D eigenvalue weighted by atomic mass is 16.6. The van der Waals surface area contributed by atoms with Crippen molar-refractivity contribution in [2.45, 2.75) is 44.7 Å². The number of nitrogens with zero attached hydrogens (tertiary/aromatic N) is 3. The zero-order chi connectivity index (χ0) is 15.4. The first-order chi connectivity index (χ1) is 10.7. The van der Waals surface area contributed by atoms with E-state index in [0.717, 1.165) is 44.3 Å². The molecular weight excluding hydrogens is 278 g/mol. The Morgan fingerprint density at radius 2 is 1.82 bits per heavy atom. The number of rotatable bonds is 4. The summed E-state index contributed by atoms with van der Waals surface area (Å²) in [6, 6.07) is 7.83. The summed E-state index contributed by atoms with van der Waals surface area (Å²) in [6.45, 7) is 5.23. The number of hydrogen-bond acceptors (Lipinski definition) is 4. The summed E-state index contributed by atoms with van der Waals surface area (Å²) in [5, 5.41) is 10.8. The predicted octanol–water partition coefficient (Wildman–Crippen LogP) is 3.05. The van der Waals surface area contributed by atoms with Gasteiger partial charge in [0.15, 0.2) is 0 Å². The van der Waals surface area contributed by atoms with Gasteiger partial charge in [-0.1, -0.05) is 31.4 Å². The number of non-ortho nitro benzene ring substituents is 1. The van der Waals surface area contributed by atoms with Crippen LogP contribution in [0.1, 0.15) is 37.7 Å². The molecule has 0 amide bonds. The van der Waals surface area contributed by atoms with E-state index in [0.29, 0.717) is 0 Å². The van der Waals surface area contributed by atoms with Crippen LogP contribution in [0, 0.1) is 10.1 Å². The van der Waals surface area contributed by atoms with Crippen LogP contribution < -0.4 is 0 Å². The minimum atomic E-state index is -0.315. The fourth-order valence-corrected chi connectivity index (χ4v) is 3.76. The fraction of sp³-hybridized carbons (Fsp3) is 0.647. The fourth-order valence-electron chi connectivity index (χ4n) is 3.76. The molecule has 22 heavy (non-hydrogen) atoms. The van der Waals surface area contributed by atoms with Crippen molar-refractivity contribution < 1.29 is 4.92 Å². The Labute approximate surface area is 132 Å². The topological polar surface area (TPSA) is 49.6 Å². The van der Waals surface area contributed by atoms with E-state index in [1.807, 2.05) is 6.07 Å². The zero-order valence-electron chi connectivity index (χ0n) is 13.1. The molecule has 0 N–H and O–H groups in total. The van der Waals surface area contributed by atoms with Gasteiger partial charge in [-0.25, -0.2) is 0 Å². The monoisotopic (exact) mass is 303 g/mol. The quantitative estimate of drug-likeness (QED) is 0.633.